The number of nitrogens with one attached hydrogen (secondary N) is 1. The van der Waals surface area contributed by atoms with Gasteiger partial charge in [-0.1, -0.05) is 32.9 Å². The first-order valence-corrected chi connectivity index (χ1v) is 6.61. The monoisotopic (exact) mass is 297 g/mol. The van der Waals surface area contributed by atoms with Crippen molar-refractivity contribution in [1.29, 1.82) is 0 Å². The Labute approximate surface area is 123 Å². The fraction of sp³-hybridized carbons (Fsp3) is 0.467. The highest BCUT2D eigenvalue weighted by atomic mass is 19.1. The lowest BCUT2D eigenvalue weighted by Crippen LogP contribution is -2.49. The Bertz CT molecular complexity index is 511. The highest BCUT2D eigenvalue weighted by Crippen LogP contribution is 2.19. The number of carbonyl (C=O) groups excluding carboxylic acids is 1. The van der Waals surface area contributed by atoms with Crippen molar-refractivity contribution in [2.45, 2.75) is 33.2 Å². The van der Waals surface area contributed by atoms with E-state index in [2.05, 4.69) is 5.32 Å². The first kappa shape index (κ1) is 16.9. The van der Waals surface area contributed by atoms with E-state index in [1.54, 1.807) is 26.8 Å². The molecule has 116 valence electrons. The van der Waals surface area contributed by atoms with E-state index >= 15 is 0 Å². The number of carbonyl (C=O) groups is 2. The van der Waals surface area contributed by atoms with E-state index < -0.39 is 29.2 Å². The number of halogens is 1. The molecule has 2 N–H and O–H groups in total. The Balaban J connectivity index is 2.47. The van der Waals surface area contributed by atoms with Gasteiger partial charge < -0.3 is 15.2 Å². The molecule has 0 saturated heterocycles. The van der Waals surface area contributed by atoms with Gasteiger partial charge in [-0.05, 0) is 17.5 Å². The van der Waals surface area contributed by atoms with Crippen molar-refractivity contribution < 1.29 is 23.8 Å². The predicted octanol–water partition coefficient (Wildman–Crippen LogP) is 2.21. The van der Waals surface area contributed by atoms with Crippen LogP contribution >= 0.6 is 0 Å². The SMILES string of the molecule is CC(C)(C)C(NC(=O)CCOc1ccccc1F)C(=O)O. The van der Waals surface area contributed by atoms with Crippen LogP contribution in [0.2, 0.25) is 0 Å². The van der Waals surface area contributed by atoms with Crippen LogP contribution in [0.5, 0.6) is 5.75 Å². The lowest BCUT2D eigenvalue weighted by atomic mass is 9.86. The largest absolute Gasteiger partial charge is 0.490 e. The standard InChI is InChI=1S/C15H20FNO4/c1-15(2,3)13(14(19)20)17-12(18)8-9-21-11-7-5-4-6-10(11)16/h4-7,13H,8-9H2,1-3H3,(H,17,18)(H,19,20). The maximum atomic E-state index is 13.3. The van der Waals surface area contributed by atoms with E-state index in [1.807, 2.05) is 0 Å². The molecule has 5 nitrogen and oxygen atoms in total. The normalized spacial score (nSPS) is 12.6. The predicted molar refractivity (Wildman–Crippen MR) is 75.5 cm³/mol. The summed E-state index contributed by atoms with van der Waals surface area (Å²) in [6, 6.07) is 4.89. The molecular formula is C15H20FNO4. The first-order valence-electron chi connectivity index (χ1n) is 6.61. The van der Waals surface area contributed by atoms with Gasteiger partial charge >= 0.3 is 5.97 Å². The van der Waals surface area contributed by atoms with E-state index in [0.29, 0.717) is 0 Å². The number of ether oxygens (including phenoxy) is 1. The van der Waals surface area contributed by atoms with E-state index in [0.717, 1.165) is 0 Å². The second kappa shape index (κ2) is 7.06. The molecule has 0 aromatic heterocycles. The van der Waals surface area contributed by atoms with Crippen LogP contribution in [0.3, 0.4) is 0 Å². The third-order valence-corrected chi connectivity index (χ3v) is 2.84. The average Bonchev–Trinajstić information content (AvgIpc) is 2.36. The third kappa shape index (κ3) is 5.41. The summed E-state index contributed by atoms with van der Waals surface area (Å²) < 4.78 is 18.4. The molecule has 1 aromatic rings. The van der Waals surface area contributed by atoms with E-state index in [-0.39, 0.29) is 18.8 Å². The number of carboxylic acids is 1. The fourth-order valence-electron chi connectivity index (χ4n) is 1.70. The van der Waals surface area contributed by atoms with E-state index in [1.165, 1.54) is 18.2 Å². The molecule has 1 atom stereocenters. The Morgan fingerprint density at radius 3 is 2.48 bits per heavy atom. The van der Waals surface area contributed by atoms with Crippen LogP contribution in [-0.4, -0.2) is 29.6 Å². The van der Waals surface area contributed by atoms with Gasteiger partial charge in [0.05, 0.1) is 13.0 Å². The Kier molecular flexibility index (Phi) is 5.69. The third-order valence-electron chi connectivity index (χ3n) is 2.84. The minimum absolute atomic E-state index is 0.0246. The summed E-state index contributed by atoms with van der Waals surface area (Å²) in [5, 5.41) is 11.5. The number of aliphatic carboxylic acids is 1. The lowest BCUT2D eigenvalue weighted by Gasteiger charge is -2.27. The van der Waals surface area contributed by atoms with Crippen LogP contribution in [0.25, 0.3) is 0 Å². The molecule has 0 bridgehead atoms. The molecule has 0 radical (unpaired) electrons. The molecule has 1 amide bonds. The van der Waals surface area contributed by atoms with Crippen molar-refractivity contribution in [1.82, 2.24) is 5.32 Å². The van der Waals surface area contributed by atoms with Gasteiger partial charge in [0, 0.05) is 0 Å². The van der Waals surface area contributed by atoms with Crippen LogP contribution in [0.1, 0.15) is 27.2 Å². The molecule has 0 fully saturated rings. The highest BCUT2D eigenvalue weighted by molar-refractivity contribution is 5.84. The van der Waals surface area contributed by atoms with Crippen LogP contribution < -0.4 is 10.1 Å². The van der Waals surface area contributed by atoms with Gasteiger partial charge in [0.2, 0.25) is 5.91 Å². The second-order valence-corrected chi connectivity index (χ2v) is 5.73. The van der Waals surface area contributed by atoms with Crippen molar-refractivity contribution in [2.75, 3.05) is 6.61 Å². The number of hydrogen-bond donors (Lipinski definition) is 2. The molecule has 0 heterocycles. The maximum Gasteiger partial charge on any atom is 0.326 e. The number of amides is 1. The molecular weight excluding hydrogens is 277 g/mol. The topological polar surface area (TPSA) is 75.6 Å². The minimum atomic E-state index is -1.09. The van der Waals surface area contributed by atoms with Gasteiger partial charge in [-0.15, -0.1) is 0 Å². The first-order chi connectivity index (χ1) is 9.71. The summed E-state index contributed by atoms with van der Waals surface area (Å²) in [6.45, 7) is 5.15. The van der Waals surface area contributed by atoms with E-state index in [9.17, 15) is 14.0 Å². The van der Waals surface area contributed by atoms with Gasteiger partial charge in [0.15, 0.2) is 11.6 Å². The molecule has 1 rings (SSSR count). The zero-order chi connectivity index (χ0) is 16.0. The summed E-state index contributed by atoms with van der Waals surface area (Å²) in [5.41, 5.74) is -0.603. The summed E-state index contributed by atoms with van der Waals surface area (Å²) in [5.74, 6) is -1.98. The van der Waals surface area contributed by atoms with Gasteiger partial charge in [0.25, 0.3) is 0 Å². The molecule has 0 aliphatic heterocycles. The van der Waals surface area contributed by atoms with Crippen LogP contribution in [0, 0.1) is 11.2 Å². The van der Waals surface area contributed by atoms with Crippen LogP contribution in [0.15, 0.2) is 24.3 Å². The highest BCUT2D eigenvalue weighted by Gasteiger charge is 2.32. The lowest BCUT2D eigenvalue weighted by molar-refractivity contribution is -0.145. The smallest absolute Gasteiger partial charge is 0.326 e. The summed E-state index contributed by atoms with van der Waals surface area (Å²) in [4.78, 5) is 22.9. The second-order valence-electron chi connectivity index (χ2n) is 5.73. The average molecular weight is 297 g/mol. The quantitative estimate of drug-likeness (QED) is 0.844. The van der Waals surface area contributed by atoms with Crippen LogP contribution in [-0.2, 0) is 9.59 Å². The zero-order valence-corrected chi connectivity index (χ0v) is 12.4. The number of rotatable bonds is 6. The Morgan fingerprint density at radius 2 is 1.95 bits per heavy atom. The molecule has 1 unspecified atom stereocenters. The van der Waals surface area contributed by atoms with Crippen LogP contribution in [0.4, 0.5) is 4.39 Å². The molecule has 6 heteroatoms. The van der Waals surface area contributed by atoms with Gasteiger partial charge in [-0.3, -0.25) is 4.79 Å². The summed E-state index contributed by atoms with van der Waals surface area (Å²) in [6.07, 6.45) is -0.0474. The van der Waals surface area contributed by atoms with Gasteiger partial charge in [-0.25, -0.2) is 9.18 Å². The Hall–Kier alpha value is -2.11. The summed E-state index contributed by atoms with van der Waals surface area (Å²) in [7, 11) is 0. The molecule has 0 spiro atoms. The van der Waals surface area contributed by atoms with Crippen molar-refractivity contribution in [3.05, 3.63) is 30.1 Å². The van der Waals surface area contributed by atoms with Gasteiger partial charge in [-0.2, -0.15) is 0 Å². The summed E-state index contributed by atoms with van der Waals surface area (Å²) >= 11 is 0. The minimum Gasteiger partial charge on any atom is -0.490 e. The fourth-order valence-corrected chi connectivity index (χ4v) is 1.70. The maximum absolute atomic E-state index is 13.3. The molecule has 0 aliphatic carbocycles. The number of hydrogen-bond acceptors (Lipinski definition) is 3. The number of benzene rings is 1. The molecule has 0 saturated carbocycles. The number of para-hydroxylation sites is 1. The van der Waals surface area contributed by atoms with Crippen molar-refractivity contribution in [3.63, 3.8) is 0 Å². The van der Waals surface area contributed by atoms with Gasteiger partial charge in [0.1, 0.15) is 6.04 Å². The van der Waals surface area contributed by atoms with Crippen molar-refractivity contribution in [2.24, 2.45) is 5.41 Å². The molecule has 1 aromatic carbocycles. The Morgan fingerprint density at radius 1 is 1.33 bits per heavy atom. The van der Waals surface area contributed by atoms with E-state index in [4.69, 9.17) is 9.84 Å². The molecule has 21 heavy (non-hydrogen) atoms. The molecule has 0 aliphatic rings. The van der Waals surface area contributed by atoms with Crippen molar-refractivity contribution >= 4 is 11.9 Å². The zero-order valence-electron chi connectivity index (χ0n) is 12.4. The number of carboxylic acid groups (broad SMARTS) is 1. The van der Waals surface area contributed by atoms with Crippen molar-refractivity contribution in [3.8, 4) is 5.75 Å².